The molecule has 0 saturated carbocycles. The van der Waals surface area contributed by atoms with Crippen LogP contribution in [0.2, 0.25) is 10.2 Å². The van der Waals surface area contributed by atoms with Crippen molar-refractivity contribution in [2.45, 2.75) is 32.2 Å². The number of hydrogen-bond donors (Lipinski definition) is 0. The van der Waals surface area contributed by atoms with Gasteiger partial charge in [-0.05, 0) is 42.3 Å². The summed E-state index contributed by atoms with van der Waals surface area (Å²) in [5, 5.41) is 13.9. The lowest BCUT2D eigenvalue weighted by molar-refractivity contribution is -0.121. The lowest BCUT2D eigenvalue weighted by Crippen LogP contribution is -2.30. The van der Waals surface area contributed by atoms with Crippen molar-refractivity contribution in [3.05, 3.63) is 87.1 Å². The monoisotopic (exact) mass is 564 g/mol. The van der Waals surface area contributed by atoms with Gasteiger partial charge in [-0.2, -0.15) is 5.10 Å². The van der Waals surface area contributed by atoms with Crippen LogP contribution in [0.3, 0.4) is 0 Å². The van der Waals surface area contributed by atoms with Crippen LogP contribution in [0, 0.1) is 0 Å². The van der Waals surface area contributed by atoms with E-state index in [1.807, 2.05) is 38.4 Å². The summed E-state index contributed by atoms with van der Waals surface area (Å²) in [7, 11) is 3.38. The van der Waals surface area contributed by atoms with Gasteiger partial charge >= 0.3 is 0 Å². The number of aryl methyl sites for hydroxylation is 1. The first-order valence-corrected chi connectivity index (χ1v) is 13.2. The molecule has 0 fully saturated rings. The molecular weight excluding hydrogens is 539 g/mol. The molecule has 0 saturated heterocycles. The summed E-state index contributed by atoms with van der Waals surface area (Å²) in [5.41, 5.74) is 3.13. The number of pyridine rings is 1. The highest BCUT2D eigenvalue weighted by Gasteiger charge is 2.24. The van der Waals surface area contributed by atoms with Crippen LogP contribution in [0.15, 0.2) is 65.8 Å². The molecule has 3 heterocycles. The summed E-state index contributed by atoms with van der Waals surface area (Å²) >= 11 is 12.3. The molecule has 0 spiro atoms. The number of rotatable bonds is 9. The molecule has 11 heteroatoms. The van der Waals surface area contributed by atoms with Crippen molar-refractivity contribution in [2.75, 3.05) is 7.11 Å². The number of Topliss-reactive ketones (excluding diaryl/α,β-unsaturated/α-hetero) is 1. The van der Waals surface area contributed by atoms with Gasteiger partial charge < -0.3 is 9.30 Å². The number of halogens is 2. The molecule has 0 aliphatic carbocycles. The smallest absolute Gasteiger partial charge is 0.252 e. The maximum Gasteiger partial charge on any atom is 0.252 e. The third kappa shape index (κ3) is 5.46. The van der Waals surface area contributed by atoms with Gasteiger partial charge in [-0.15, -0.1) is 5.10 Å². The Balaban J connectivity index is 1.54. The Labute approximate surface area is 234 Å². The van der Waals surface area contributed by atoms with Crippen molar-refractivity contribution in [3.8, 4) is 22.6 Å². The molecular formula is C28H26Cl2N6O3. The fourth-order valence-electron chi connectivity index (χ4n) is 4.79. The number of ether oxygens (including phenoxy) is 1. The number of nitrogens with zero attached hydrogens (tertiary/aromatic N) is 6. The molecule has 9 nitrogen and oxygen atoms in total. The zero-order chi connectivity index (χ0) is 27.7. The van der Waals surface area contributed by atoms with Crippen LogP contribution in [0.25, 0.3) is 27.7 Å². The summed E-state index contributed by atoms with van der Waals surface area (Å²) in [4.78, 5) is 27.1. The quantitative estimate of drug-likeness (QED) is 0.236. The molecule has 5 rings (SSSR count). The van der Waals surface area contributed by atoms with E-state index in [2.05, 4.69) is 15.4 Å². The van der Waals surface area contributed by atoms with Gasteiger partial charge in [-0.25, -0.2) is 4.68 Å². The van der Waals surface area contributed by atoms with E-state index in [-0.39, 0.29) is 22.9 Å². The third-order valence-corrected chi connectivity index (χ3v) is 6.96. The van der Waals surface area contributed by atoms with E-state index in [0.29, 0.717) is 34.0 Å². The lowest BCUT2D eigenvalue weighted by Gasteiger charge is -2.21. The second-order valence-corrected chi connectivity index (χ2v) is 10.1. The molecule has 2 aromatic carbocycles. The normalized spacial score (nSPS) is 12.1. The van der Waals surface area contributed by atoms with E-state index in [1.165, 1.54) is 22.4 Å². The van der Waals surface area contributed by atoms with Crippen molar-refractivity contribution in [3.63, 3.8) is 0 Å². The van der Waals surface area contributed by atoms with Gasteiger partial charge in [0.1, 0.15) is 5.75 Å². The van der Waals surface area contributed by atoms with Crippen molar-refractivity contribution >= 4 is 39.9 Å². The van der Waals surface area contributed by atoms with Gasteiger partial charge in [0.25, 0.3) is 5.56 Å². The minimum atomic E-state index is -0.650. The summed E-state index contributed by atoms with van der Waals surface area (Å²) in [5.74, 6) is 0.354. The molecule has 0 bridgehead atoms. The Morgan fingerprint density at radius 1 is 1.05 bits per heavy atom. The predicted molar refractivity (Wildman–Crippen MR) is 151 cm³/mol. The molecule has 0 radical (unpaired) electrons. The van der Waals surface area contributed by atoms with Crippen molar-refractivity contribution in [1.82, 2.24) is 29.3 Å². The highest BCUT2D eigenvalue weighted by molar-refractivity contribution is 6.31. The van der Waals surface area contributed by atoms with E-state index >= 15 is 0 Å². The van der Waals surface area contributed by atoms with Crippen molar-refractivity contribution < 1.29 is 9.53 Å². The minimum Gasteiger partial charge on any atom is -0.495 e. The molecule has 0 unspecified atom stereocenters. The Bertz CT molecular complexity index is 1740. The van der Waals surface area contributed by atoms with Gasteiger partial charge in [0.15, 0.2) is 10.9 Å². The highest BCUT2D eigenvalue weighted by atomic mass is 35.5. The maximum atomic E-state index is 13.6. The van der Waals surface area contributed by atoms with E-state index in [4.69, 9.17) is 27.9 Å². The van der Waals surface area contributed by atoms with Crippen LogP contribution < -0.4 is 10.3 Å². The first-order chi connectivity index (χ1) is 18.8. The average Bonchev–Trinajstić information content (AvgIpc) is 3.51. The van der Waals surface area contributed by atoms with Gasteiger partial charge in [0, 0.05) is 47.3 Å². The molecule has 0 aliphatic heterocycles. The molecule has 200 valence electrons. The Morgan fingerprint density at radius 3 is 2.59 bits per heavy atom. The Morgan fingerprint density at radius 2 is 1.87 bits per heavy atom. The Kier molecular flexibility index (Phi) is 7.54. The zero-order valence-electron chi connectivity index (χ0n) is 21.6. The Hall–Kier alpha value is -3.95. The topological polar surface area (TPSA) is 96.8 Å². The van der Waals surface area contributed by atoms with Crippen molar-refractivity contribution in [1.29, 1.82) is 0 Å². The average molecular weight is 565 g/mol. The predicted octanol–water partition coefficient (Wildman–Crippen LogP) is 5.45. The highest BCUT2D eigenvalue weighted by Crippen LogP contribution is 2.35. The van der Waals surface area contributed by atoms with Crippen LogP contribution >= 0.6 is 23.2 Å². The molecule has 0 amide bonds. The standard InChI is InChI=1S/C28H26Cl2N6O3/c1-4-5-24(25(37)11-17-6-8-22-18(10-17)14-34(2)32-22)35-15-26(39-3)21(13-28(35)38)20-12-19(29)7-9-23(20)36-16-27(30)31-33-36/h6-10,12-16,24H,4-5,11H2,1-3H3/t24-/m0/s1. The molecule has 1 atom stereocenters. The fraction of sp³-hybridized carbons (Fsp3) is 0.250. The second kappa shape index (κ2) is 11.0. The number of benzene rings is 2. The third-order valence-electron chi connectivity index (χ3n) is 6.56. The van der Waals surface area contributed by atoms with Gasteiger partial charge in [0.2, 0.25) is 0 Å². The minimum absolute atomic E-state index is 0.0577. The molecule has 39 heavy (non-hydrogen) atoms. The molecule has 5 aromatic rings. The summed E-state index contributed by atoms with van der Waals surface area (Å²) in [6.07, 6.45) is 6.49. The van der Waals surface area contributed by atoms with Crippen LogP contribution in [-0.4, -0.2) is 42.2 Å². The van der Waals surface area contributed by atoms with Crippen LogP contribution in [-0.2, 0) is 18.3 Å². The number of carbonyl (C=O) groups excluding carboxylic acids is 1. The van der Waals surface area contributed by atoms with Gasteiger partial charge in [-0.3, -0.25) is 14.3 Å². The number of hydrogen-bond acceptors (Lipinski definition) is 6. The number of carbonyl (C=O) groups is 1. The lowest BCUT2D eigenvalue weighted by atomic mass is 9.98. The number of fused-ring (bicyclic) bond motifs is 1. The van der Waals surface area contributed by atoms with Crippen LogP contribution in [0.4, 0.5) is 0 Å². The van der Waals surface area contributed by atoms with E-state index in [0.717, 1.165) is 22.9 Å². The zero-order valence-corrected chi connectivity index (χ0v) is 23.1. The van der Waals surface area contributed by atoms with Crippen LogP contribution in [0.5, 0.6) is 5.75 Å². The van der Waals surface area contributed by atoms with E-state index in [9.17, 15) is 9.59 Å². The molecule has 0 aliphatic rings. The SMILES string of the molecule is CCC[C@@H](C(=O)Cc1ccc2nn(C)cc2c1)n1cc(OC)c(-c2cc(Cl)ccc2-n2cc(Cl)nn2)cc1=O. The molecule has 0 N–H and O–H groups in total. The largest absolute Gasteiger partial charge is 0.495 e. The summed E-state index contributed by atoms with van der Waals surface area (Å²) in [6.45, 7) is 1.99. The summed E-state index contributed by atoms with van der Waals surface area (Å²) < 4.78 is 10.4. The molecule has 3 aromatic heterocycles. The number of aromatic nitrogens is 6. The first kappa shape index (κ1) is 26.6. The number of methoxy groups -OCH3 is 1. The van der Waals surface area contributed by atoms with Crippen LogP contribution in [0.1, 0.15) is 31.4 Å². The number of ketones is 1. The maximum absolute atomic E-state index is 13.6. The second-order valence-electron chi connectivity index (χ2n) is 9.29. The summed E-state index contributed by atoms with van der Waals surface area (Å²) in [6, 6.07) is 11.8. The van der Waals surface area contributed by atoms with E-state index < -0.39 is 6.04 Å². The van der Waals surface area contributed by atoms with E-state index in [1.54, 1.807) is 35.3 Å². The van der Waals surface area contributed by atoms with Gasteiger partial charge in [0.05, 0.1) is 36.7 Å². The first-order valence-electron chi connectivity index (χ1n) is 12.4. The van der Waals surface area contributed by atoms with Crippen molar-refractivity contribution in [2.24, 2.45) is 7.05 Å². The van der Waals surface area contributed by atoms with Gasteiger partial charge in [-0.1, -0.05) is 47.8 Å². The fourth-order valence-corrected chi connectivity index (χ4v) is 5.08.